The van der Waals surface area contributed by atoms with Gasteiger partial charge in [-0.3, -0.25) is 4.79 Å². The molecule has 1 heterocycles. The molecule has 0 saturated heterocycles. The topological polar surface area (TPSA) is 56.9 Å². The molecule has 0 fully saturated rings. The quantitative estimate of drug-likeness (QED) is 0.749. The van der Waals surface area contributed by atoms with Crippen LogP contribution in [0.2, 0.25) is 0 Å². The van der Waals surface area contributed by atoms with Gasteiger partial charge in [0, 0.05) is 30.6 Å². The zero-order valence-electron chi connectivity index (χ0n) is 10.8. The second kappa shape index (κ2) is 5.69. The van der Waals surface area contributed by atoms with Crippen molar-refractivity contribution in [1.29, 1.82) is 0 Å². The lowest BCUT2D eigenvalue weighted by Gasteiger charge is -2.04. The van der Waals surface area contributed by atoms with Crippen molar-refractivity contribution in [3.63, 3.8) is 0 Å². The normalized spacial score (nSPS) is 10.8. The monoisotopic (exact) mass is 245 g/mol. The highest BCUT2D eigenvalue weighted by Crippen LogP contribution is 2.20. The molecule has 0 aliphatic rings. The van der Waals surface area contributed by atoms with E-state index in [0.717, 1.165) is 24.0 Å². The Balaban J connectivity index is 2.21. The van der Waals surface area contributed by atoms with Gasteiger partial charge in [-0.1, -0.05) is 6.07 Å². The minimum Gasteiger partial charge on any atom is -0.361 e. The summed E-state index contributed by atoms with van der Waals surface area (Å²) in [6.07, 6.45) is 3.06. The van der Waals surface area contributed by atoms with Gasteiger partial charge in [0.2, 0.25) is 5.91 Å². The van der Waals surface area contributed by atoms with Crippen LogP contribution in [0.3, 0.4) is 0 Å². The Kier molecular flexibility index (Phi) is 3.99. The number of fused-ring (bicyclic) bond motifs is 1. The van der Waals surface area contributed by atoms with E-state index in [9.17, 15) is 4.79 Å². The first-order chi connectivity index (χ1) is 8.70. The summed E-state index contributed by atoms with van der Waals surface area (Å²) in [7, 11) is 1.96. The van der Waals surface area contributed by atoms with E-state index in [0.29, 0.717) is 6.54 Å². The van der Waals surface area contributed by atoms with Gasteiger partial charge < -0.3 is 15.6 Å². The predicted octanol–water partition coefficient (Wildman–Crippen LogP) is 1.57. The standard InChI is InChI=1S/C14H19N3O/c1-10(18)16-8-11-3-4-14-13(7-11)12(9-17-14)5-6-15-2/h3-4,7,9,15,17H,5-6,8H2,1-2H3,(H,16,18). The molecule has 0 aliphatic heterocycles. The van der Waals surface area contributed by atoms with Gasteiger partial charge in [-0.15, -0.1) is 0 Å². The van der Waals surface area contributed by atoms with Crippen molar-refractivity contribution in [2.24, 2.45) is 0 Å². The number of hydrogen-bond acceptors (Lipinski definition) is 2. The van der Waals surface area contributed by atoms with Crippen molar-refractivity contribution in [2.75, 3.05) is 13.6 Å². The summed E-state index contributed by atoms with van der Waals surface area (Å²) < 4.78 is 0. The van der Waals surface area contributed by atoms with Crippen LogP contribution in [0.25, 0.3) is 10.9 Å². The molecule has 4 nitrogen and oxygen atoms in total. The molecule has 0 saturated carbocycles. The van der Waals surface area contributed by atoms with Gasteiger partial charge in [0.25, 0.3) is 0 Å². The number of hydrogen-bond donors (Lipinski definition) is 3. The first kappa shape index (κ1) is 12.6. The van der Waals surface area contributed by atoms with Crippen molar-refractivity contribution in [1.82, 2.24) is 15.6 Å². The summed E-state index contributed by atoms with van der Waals surface area (Å²) in [5.74, 6) is -0.000396. The minimum absolute atomic E-state index is 0.000396. The number of aromatic amines is 1. The molecule has 1 aromatic heterocycles. The van der Waals surface area contributed by atoms with Gasteiger partial charge in [0.1, 0.15) is 0 Å². The van der Waals surface area contributed by atoms with Crippen molar-refractivity contribution >= 4 is 16.8 Å². The number of carbonyl (C=O) groups excluding carboxylic acids is 1. The fraction of sp³-hybridized carbons (Fsp3) is 0.357. The molecular weight excluding hydrogens is 226 g/mol. The number of aromatic nitrogens is 1. The van der Waals surface area contributed by atoms with E-state index in [1.165, 1.54) is 17.9 Å². The first-order valence-corrected chi connectivity index (χ1v) is 6.18. The second-order valence-electron chi connectivity index (χ2n) is 4.46. The maximum Gasteiger partial charge on any atom is 0.217 e. The molecule has 0 aliphatic carbocycles. The number of amides is 1. The fourth-order valence-electron chi connectivity index (χ4n) is 2.03. The Morgan fingerprint density at radius 1 is 1.39 bits per heavy atom. The van der Waals surface area contributed by atoms with E-state index < -0.39 is 0 Å². The number of rotatable bonds is 5. The lowest BCUT2D eigenvalue weighted by molar-refractivity contribution is -0.119. The molecule has 0 unspecified atom stereocenters. The summed E-state index contributed by atoms with van der Waals surface area (Å²) in [4.78, 5) is 14.2. The van der Waals surface area contributed by atoms with Crippen LogP contribution in [0.15, 0.2) is 24.4 Å². The lowest BCUT2D eigenvalue weighted by Crippen LogP contribution is -2.18. The maximum absolute atomic E-state index is 10.9. The van der Waals surface area contributed by atoms with Gasteiger partial charge in [-0.05, 0) is 43.3 Å². The Bertz CT molecular complexity index is 545. The highest BCUT2D eigenvalue weighted by atomic mass is 16.1. The number of nitrogens with one attached hydrogen (secondary N) is 3. The molecule has 0 bridgehead atoms. The van der Waals surface area contributed by atoms with E-state index in [1.54, 1.807) is 0 Å². The van der Waals surface area contributed by atoms with E-state index in [1.807, 2.05) is 13.1 Å². The zero-order valence-corrected chi connectivity index (χ0v) is 10.8. The van der Waals surface area contributed by atoms with E-state index in [-0.39, 0.29) is 5.91 Å². The number of carbonyl (C=O) groups is 1. The van der Waals surface area contributed by atoms with Gasteiger partial charge >= 0.3 is 0 Å². The highest BCUT2D eigenvalue weighted by molar-refractivity contribution is 5.84. The molecule has 4 heteroatoms. The lowest BCUT2D eigenvalue weighted by atomic mass is 10.1. The van der Waals surface area contributed by atoms with Gasteiger partial charge in [0.05, 0.1) is 0 Å². The number of benzene rings is 1. The van der Waals surface area contributed by atoms with Crippen LogP contribution in [0, 0.1) is 0 Å². The van der Waals surface area contributed by atoms with E-state index in [2.05, 4.69) is 33.9 Å². The number of likely N-dealkylation sites (N-methyl/N-ethyl adjacent to an activating group) is 1. The van der Waals surface area contributed by atoms with Gasteiger partial charge in [0.15, 0.2) is 0 Å². The smallest absolute Gasteiger partial charge is 0.217 e. The van der Waals surface area contributed by atoms with Crippen molar-refractivity contribution in [2.45, 2.75) is 19.9 Å². The second-order valence-corrected chi connectivity index (χ2v) is 4.46. The highest BCUT2D eigenvalue weighted by Gasteiger charge is 2.04. The van der Waals surface area contributed by atoms with Crippen LogP contribution in [-0.4, -0.2) is 24.5 Å². The average molecular weight is 245 g/mol. The molecule has 96 valence electrons. The molecule has 2 rings (SSSR count). The Morgan fingerprint density at radius 3 is 2.94 bits per heavy atom. The zero-order chi connectivity index (χ0) is 13.0. The van der Waals surface area contributed by atoms with Crippen molar-refractivity contribution in [3.05, 3.63) is 35.5 Å². The maximum atomic E-state index is 10.9. The molecule has 2 aromatic rings. The third-order valence-electron chi connectivity index (χ3n) is 3.02. The first-order valence-electron chi connectivity index (χ1n) is 6.18. The van der Waals surface area contributed by atoms with Crippen LogP contribution in [0.1, 0.15) is 18.1 Å². The Labute approximate surface area is 107 Å². The molecule has 0 spiro atoms. The average Bonchev–Trinajstić information content (AvgIpc) is 2.76. The minimum atomic E-state index is -0.000396. The summed E-state index contributed by atoms with van der Waals surface area (Å²) in [6.45, 7) is 3.08. The van der Waals surface area contributed by atoms with Gasteiger partial charge in [-0.2, -0.15) is 0 Å². The Morgan fingerprint density at radius 2 is 2.22 bits per heavy atom. The van der Waals surface area contributed by atoms with Crippen LogP contribution in [0.5, 0.6) is 0 Å². The van der Waals surface area contributed by atoms with Gasteiger partial charge in [-0.25, -0.2) is 0 Å². The molecule has 1 amide bonds. The molecule has 3 N–H and O–H groups in total. The summed E-state index contributed by atoms with van der Waals surface area (Å²) in [6, 6.07) is 6.25. The molecule has 18 heavy (non-hydrogen) atoms. The number of H-pyrrole nitrogens is 1. The Hall–Kier alpha value is -1.81. The molecular formula is C14H19N3O. The van der Waals surface area contributed by atoms with Crippen molar-refractivity contribution < 1.29 is 4.79 Å². The van der Waals surface area contributed by atoms with Crippen LogP contribution in [0.4, 0.5) is 0 Å². The third kappa shape index (κ3) is 2.90. The summed E-state index contributed by atoms with van der Waals surface area (Å²) in [5, 5.41) is 7.22. The van der Waals surface area contributed by atoms with E-state index in [4.69, 9.17) is 0 Å². The van der Waals surface area contributed by atoms with Crippen LogP contribution < -0.4 is 10.6 Å². The predicted molar refractivity (Wildman–Crippen MR) is 73.5 cm³/mol. The van der Waals surface area contributed by atoms with Crippen molar-refractivity contribution in [3.8, 4) is 0 Å². The molecule has 0 radical (unpaired) electrons. The SMILES string of the molecule is CNCCc1c[nH]c2ccc(CNC(C)=O)cc12. The van der Waals surface area contributed by atoms with Crippen LogP contribution >= 0.6 is 0 Å². The fourth-order valence-corrected chi connectivity index (χ4v) is 2.03. The van der Waals surface area contributed by atoms with Crippen LogP contribution in [-0.2, 0) is 17.8 Å². The summed E-state index contributed by atoms with van der Waals surface area (Å²) >= 11 is 0. The molecule has 0 atom stereocenters. The van der Waals surface area contributed by atoms with E-state index >= 15 is 0 Å². The third-order valence-corrected chi connectivity index (χ3v) is 3.02. The molecule has 1 aromatic carbocycles. The summed E-state index contributed by atoms with van der Waals surface area (Å²) in [5.41, 5.74) is 3.58. The largest absolute Gasteiger partial charge is 0.361 e.